The minimum Gasteiger partial charge on any atom is -0.490 e. The fourth-order valence-corrected chi connectivity index (χ4v) is 2.62. The minimum atomic E-state index is -0.0432. The van der Waals surface area contributed by atoms with Gasteiger partial charge in [0, 0.05) is 0 Å². The first-order valence-electron chi connectivity index (χ1n) is 9.23. The highest BCUT2D eigenvalue weighted by Crippen LogP contribution is 2.28. The topological polar surface area (TPSA) is 21.8 Å². The summed E-state index contributed by atoms with van der Waals surface area (Å²) < 4.78 is 11.4. The normalized spacial score (nSPS) is 20.1. The maximum absolute atomic E-state index is 5.96. The molecule has 0 radical (unpaired) electrons. The van der Waals surface area contributed by atoms with Gasteiger partial charge in [0.1, 0.15) is 18.0 Å². The van der Waals surface area contributed by atoms with Gasteiger partial charge in [0.05, 0.1) is 6.61 Å². The zero-order valence-corrected chi connectivity index (χ0v) is 14.9. The second-order valence-corrected chi connectivity index (χ2v) is 6.85. The van der Waals surface area contributed by atoms with E-state index in [2.05, 4.69) is 50.3 Å². The van der Waals surface area contributed by atoms with E-state index < -0.39 is 0 Å². The largest absolute Gasteiger partial charge is 0.490 e. The van der Waals surface area contributed by atoms with Crippen LogP contribution in [0.5, 0.6) is 5.75 Å². The number of ether oxygens (including phenoxy) is 2. The number of aryl methyl sites for hydroxylation is 1. The summed E-state index contributed by atoms with van der Waals surface area (Å²) in [5.74, 6) is 1.03. The molecule has 1 unspecified atom stereocenters. The second kappa shape index (κ2) is 9.77. The van der Waals surface area contributed by atoms with Crippen LogP contribution in [0.2, 0.25) is 0 Å². The Hall–Kier alpha value is -1.28. The summed E-state index contributed by atoms with van der Waals surface area (Å²) in [5, 5.41) is 0. The van der Waals surface area contributed by atoms with Gasteiger partial charge in [-0.15, -0.1) is 0 Å². The van der Waals surface area contributed by atoms with Crippen molar-refractivity contribution in [3.63, 3.8) is 0 Å². The molecule has 1 atom stereocenters. The molecule has 1 aliphatic heterocycles. The van der Waals surface area contributed by atoms with Gasteiger partial charge in [-0.05, 0) is 50.7 Å². The van der Waals surface area contributed by atoms with E-state index in [-0.39, 0.29) is 5.60 Å². The van der Waals surface area contributed by atoms with Crippen molar-refractivity contribution in [2.24, 2.45) is 0 Å². The van der Waals surface area contributed by atoms with Crippen LogP contribution in [0, 0.1) is 0 Å². The Balaban J connectivity index is 1.61. The first-order chi connectivity index (χ1) is 11.2. The van der Waals surface area contributed by atoms with Crippen molar-refractivity contribution in [1.82, 2.24) is 0 Å². The minimum absolute atomic E-state index is 0.0432. The van der Waals surface area contributed by atoms with Gasteiger partial charge in [-0.2, -0.15) is 0 Å². The van der Waals surface area contributed by atoms with Gasteiger partial charge < -0.3 is 9.47 Å². The monoisotopic (exact) mass is 316 g/mol. The van der Waals surface area contributed by atoms with Gasteiger partial charge in [0.25, 0.3) is 0 Å². The highest BCUT2D eigenvalue weighted by molar-refractivity contribution is 5.33. The second-order valence-electron chi connectivity index (χ2n) is 6.85. The van der Waals surface area contributed by atoms with Crippen molar-refractivity contribution in [2.45, 2.75) is 70.8 Å². The van der Waals surface area contributed by atoms with Crippen LogP contribution < -0.4 is 4.74 Å². The smallest absolute Gasteiger partial charge is 0.123 e. The third kappa shape index (κ3) is 7.22. The number of epoxide rings is 1. The van der Waals surface area contributed by atoms with E-state index >= 15 is 0 Å². The molecule has 0 aliphatic carbocycles. The third-order valence-corrected chi connectivity index (χ3v) is 4.33. The molecule has 1 fully saturated rings. The summed E-state index contributed by atoms with van der Waals surface area (Å²) in [5.41, 5.74) is 1.29. The molecular formula is C21H32O2. The predicted octanol–water partition coefficient (Wildman–Crippen LogP) is 5.70. The lowest BCUT2D eigenvalue weighted by Gasteiger charge is -2.13. The van der Waals surface area contributed by atoms with E-state index in [0.29, 0.717) is 6.61 Å². The van der Waals surface area contributed by atoms with Crippen LogP contribution >= 0.6 is 0 Å². The number of hydrogen-bond acceptors (Lipinski definition) is 2. The number of allylic oxidation sites excluding steroid dienone is 2. The number of hydrogen-bond donors (Lipinski definition) is 0. The third-order valence-electron chi connectivity index (χ3n) is 4.33. The molecule has 1 saturated heterocycles. The van der Waals surface area contributed by atoms with Gasteiger partial charge in [-0.25, -0.2) is 0 Å². The molecule has 1 aliphatic rings. The maximum atomic E-state index is 5.96. The van der Waals surface area contributed by atoms with Gasteiger partial charge in [0.2, 0.25) is 0 Å². The van der Waals surface area contributed by atoms with Crippen LogP contribution in [0.25, 0.3) is 0 Å². The quantitative estimate of drug-likeness (QED) is 0.280. The van der Waals surface area contributed by atoms with E-state index in [4.69, 9.17) is 9.47 Å². The summed E-state index contributed by atoms with van der Waals surface area (Å²) in [6.07, 6.45) is 14.7. The van der Waals surface area contributed by atoms with Crippen molar-refractivity contribution >= 4 is 0 Å². The van der Waals surface area contributed by atoms with Crippen molar-refractivity contribution in [3.8, 4) is 5.75 Å². The molecule has 0 N–H and O–H groups in total. The molecule has 0 aromatic heterocycles. The van der Waals surface area contributed by atoms with Crippen LogP contribution in [0.4, 0.5) is 0 Å². The van der Waals surface area contributed by atoms with Crippen molar-refractivity contribution in [3.05, 3.63) is 42.0 Å². The molecule has 0 spiro atoms. The lowest BCUT2D eigenvalue weighted by Crippen LogP contribution is -2.17. The van der Waals surface area contributed by atoms with Crippen LogP contribution in [0.3, 0.4) is 0 Å². The molecule has 0 bridgehead atoms. The number of rotatable bonds is 12. The molecule has 23 heavy (non-hydrogen) atoms. The molecule has 1 heterocycles. The fraction of sp³-hybridized carbons (Fsp3) is 0.619. The molecule has 1 aromatic rings. The Morgan fingerprint density at radius 3 is 2.61 bits per heavy atom. The molecule has 0 amide bonds. The van der Waals surface area contributed by atoms with E-state index in [0.717, 1.165) is 18.8 Å². The summed E-state index contributed by atoms with van der Waals surface area (Å²) in [6, 6.07) is 8.44. The number of unbranched alkanes of at least 4 members (excludes halogenated alkanes) is 5. The Morgan fingerprint density at radius 2 is 1.83 bits per heavy atom. The Morgan fingerprint density at radius 1 is 1.09 bits per heavy atom. The highest BCUT2D eigenvalue weighted by Gasteiger charge is 2.40. The van der Waals surface area contributed by atoms with Gasteiger partial charge >= 0.3 is 0 Å². The lowest BCUT2D eigenvalue weighted by atomic mass is 10.0. The molecule has 0 saturated carbocycles. The average molecular weight is 316 g/mol. The van der Waals surface area contributed by atoms with E-state index in [1.165, 1.54) is 50.5 Å². The number of para-hydroxylation sites is 1. The molecule has 2 nitrogen and oxygen atoms in total. The van der Waals surface area contributed by atoms with Crippen molar-refractivity contribution in [1.29, 1.82) is 0 Å². The Bertz CT molecular complexity index is 474. The van der Waals surface area contributed by atoms with Crippen LogP contribution in [0.15, 0.2) is 36.4 Å². The van der Waals surface area contributed by atoms with E-state index in [1.807, 2.05) is 0 Å². The standard InChI is InChI=1S/C21H32O2/c1-3-4-5-6-7-8-9-10-11-14-19-15-12-13-16-20(19)22-17-21(2)18-23-21/h5-6,12-13,15-16H,3-4,7-11,14,17-18H2,1-2H3/b6-5+. The zero-order valence-electron chi connectivity index (χ0n) is 14.9. The number of benzene rings is 1. The average Bonchev–Trinajstić information content (AvgIpc) is 3.30. The molecule has 1 aromatic carbocycles. The fourth-order valence-electron chi connectivity index (χ4n) is 2.62. The Labute approximate surface area is 141 Å². The van der Waals surface area contributed by atoms with Gasteiger partial charge in [0.15, 0.2) is 0 Å². The molecule has 128 valence electrons. The van der Waals surface area contributed by atoms with E-state index in [9.17, 15) is 0 Å². The molecule has 2 rings (SSSR count). The highest BCUT2D eigenvalue weighted by atomic mass is 16.6. The predicted molar refractivity (Wildman–Crippen MR) is 97.1 cm³/mol. The maximum Gasteiger partial charge on any atom is 0.123 e. The van der Waals surface area contributed by atoms with Crippen LogP contribution in [0.1, 0.15) is 64.4 Å². The van der Waals surface area contributed by atoms with E-state index in [1.54, 1.807) is 0 Å². The summed E-state index contributed by atoms with van der Waals surface area (Å²) in [6.45, 7) is 5.81. The summed E-state index contributed by atoms with van der Waals surface area (Å²) in [4.78, 5) is 0. The SMILES string of the molecule is CCC/C=C/CCCCCCc1ccccc1OCC1(C)CO1. The van der Waals surface area contributed by atoms with Crippen LogP contribution in [-0.4, -0.2) is 18.8 Å². The molecule has 2 heteroatoms. The zero-order chi connectivity index (χ0) is 16.4. The van der Waals surface area contributed by atoms with Crippen molar-refractivity contribution < 1.29 is 9.47 Å². The first kappa shape index (κ1) is 18.1. The first-order valence-corrected chi connectivity index (χ1v) is 9.23. The summed E-state index contributed by atoms with van der Waals surface area (Å²) >= 11 is 0. The van der Waals surface area contributed by atoms with Gasteiger partial charge in [-0.3, -0.25) is 0 Å². The lowest BCUT2D eigenvalue weighted by molar-refractivity contribution is 0.201. The Kier molecular flexibility index (Phi) is 7.67. The van der Waals surface area contributed by atoms with Crippen LogP contribution in [-0.2, 0) is 11.2 Å². The van der Waals surface area contributed by atoms with Crippen molar-refractivity contribution in [2.75, 3.05) is 13.2 Å². The summed E-state index contributed by atoms with van der Waals surface area (Å²) in [7, 11) is 0. The molecular weight excluding hydrogens is 284 g/mol. The van der Waals surface area contributed by atoms with Gasteiger partial charge in [-0.1, -0.05) is 56.5 Å².